The molecule has 11 nitrogen and oxygen atoms in total. The third-order valence-electron chi connectivity index (χ3n) is 12.9. The van der Waals surface area contributed by atoms with E-state index in [9.17, 15) is 24.6 Å². The number of rotatable bonds is 17. The standard InChI is InChI=1S/C58H52N4O7S/c63-52(56(66)67)48(35-40-21-7-1-8-22-40)59-53(64)51-39-70-55(42-25-11-3-12-26-42)62(51)54(65)49(60-57(68)69-38-41-23-9-2-10-24-41)36-43-37-61(50-34-20-19-33-47(43)50)58(44-27-13-4-14-28-44,45-29-15-5-16-30-45)46-31-17-6-18-32-46/h1-34,37,48-49,51-52,55,63H,35-36,38-39H2,(H,59,64)(H,60,68)(H,66,67)/t48-,49-,51-,52?,55?/m0/s1. The summed E-state index contributed by atoms with van der Waals surface area (Å²) in [7, 11) is 0. The van der Waals surface area contributed by atoms with E-state index in [0.717, 1.165) is 44.3 Å². The van der Waals surface area contributed by atoms with Gasteiger partial charge in [-0.15, -0.1) is 11.8 Å². The highest BCUT2D eigenvalue weighted by molar-refractivity contribution is 7.99. The van der Waals surface area contributed by atoms with E-state index in [-0.39, 0.29) is 25.2 Å². The molecule has 1 fully saturated rings. The van der Waals surface area contributed by atoms with Gasteiger partial charge in [0.15, 0.2) is 6.10 Å². The molecule has 352 valence electrons. The lowest BCUT2D eigenvalue weighted by atomic mass is 9.76. The van der Waals surface area contributed by atoms with Gasteiger partial charge in [0, 0.05) is 29.3 Å². The van der Waals surface area contributed by atoms with Crippen LogP contribution in [0.1, 0.15) is 44.3 Å². The van der Waals surface area contributed by atoms with Crippen LogP contribution in [0.4, 0.5) is 4.79 Å². The fourth-order valence-corrected chi connectivity index (χ4v) is 11.0. The topological polar surface area (TPSA) is 150 Å². The number of carbonyl (C=O) groups is 4. The Labute approximate surface area is 410 Å². The van der Waals surface area contributed by atoms with Crippen LogP contribution < -0.4 is 10.6 Å². The molecular formula is C58H52N4O7S. The van der Waals surface area contributed by atoms with E-state index in [1.54, 1.807) is 24.3 Å². The van der Waals surface area contributed by atoms with Crippen molar-refractivity contribution in [3.05, 3.63) is 251 Å². The van der Waals surface area contributed by atoms with Crippen molar-refractivity contribution in [1.82, 2.24) is 20.1 Å². The molecule has 1 aliphatic heterocycles. The lowest BCUT2D eigenvalue weighted by molar-refractivity contribution is -0.149. The second kappa shape index (κ2) is 21.6. The molecule has 0 aliphatic carbocycles. The number of benzene rings is 7. The number of para-hydroxylation sites is 1. The third-order valence-corrected chi connectivity index (χ3v) is 14.2. The van der Waals surface area contributed by atoms with Crippen molar-refractivity contribution in [2.75, 3.05) is 5.75 Å². The van der Waals surface area contributed by atoms with Crippen molar-refractivity contribution < 1.29 is 34.1 Å². The number of aliphatic hydroxyl groups excluding tert-OH is 1. The molecule has 1 aromatic heterocycles. The van der Waals surface area contributed by atoms with Crippen LogP contribution in [0.3, 0.4) is 0 Å². The fourth-order valence-electron chi connectivity index (χ4n) is 9.57. The summed E-state index contributed by atoms with van der Waals surface area (Å²) in [6.45, 7) is -0.0490. The van der Waals surface area contributed by atoms with Gasteiger partial charge in [0.25, 0.3) is 0 Å². The molecule has 0 spiro atoms. The molecule has 4 N–H and O–H groups in total. The Bertz CT molecular complexity index is 2940. The van der Waals surface area contributed by atoms with Gasteiger partial charge in [-0.05, 0) is 51.4 Å². The molecule has 5 atom stereocenters. The van der Waals surface area contributed by atoms with Gasteiger partial charge < -0.3 is 35.1 Å². The zero-order valence-corrected chi connectivity index (χ0v) is 39.0. The number of hydrogen-bond donors (Lipinski definition) is 4. The van der Waals surface area contributed by atoms with Crippen LogP contribution in [0.5, 0.6) is 0 Å². The number of hydrogen-bond acceptors (Lipinski definition) is 7. The molecule has 0 bridgehead atoms. The minimum atomic E-state index is -1.94. The molecule has 7 aromatic carbocycles. The molecule has 9 rings (SSSR count). The Hall–Kier alpha value is -7.93. The molecule has 8 aromatic rings. The van der Waals surface area contributed by atoms with Crippen LogP contribution >= 0.6 is 11.8 Å². The van der Waals surface area contributed by atoms with Crippen molar-refractivity contribution in [2.45, 2.75) is 54.6 Å². The van der Waals surface area contributed by atoms with Gasteiger partial charge in [-0.3, -0.25) is 9.59 Å². The summed E-state index contributed by atoms with van der Waals surface area (Å²) in [4.78, 5) is 58.3. The highest BCUT2D eigenvalue weighted by Crippen LogP contribution is 2.45. The Balaban J connectivity index is 1.15. The molecule has 12 heteroatoms. The van der Waals surface area contributed by atoms with Gasteiger partial charge >= 0.3 is 12.1 Å². The third kappa shape index (κ3) is 9.96. The van der Waals surface area contributed by atoms with Gasteiger partial charge in [-0.25, -0.2) is 9.59 Å². The summed E-state index contributed by atoms with van der Waals surface area (Å²) in [5.41, 5.74) is 5.94. The molecule has 2 heterocycles. The largest absolute Gasteiger partial charge is 0.479 e. The van der Waals surface area contributed by atoms with Gasteiger partial charge in [0.1, 0.15) is 29.6 Å². The molecular weight excluding hydrogens is 897 g/mol. The van der Waals surface area contributed by atoms with E-state index >= 15 is 4.79 Å². The average Bonchev–Trinajstić information content (AvgIpc) is 4.02. The summed E-state index contributed by atoms with van der Waals surface area (Å²) < 4.78 is 8.03. The van der Waals surface area contributed by atoms with Crippen LogP contribution in [-0.2, 0) is 44.1 Å². The Morgan fingerprint density at radius 1 is 0.629 bits per heavy atom. The highest BCUT2D eigenvalue weighted by atomic mass is 32.2. The molecule has 3 amide bonds. The first-order valence-corrected chi connectivity index (χ1v) is 24.2. The highest BCUT2D eigenvalue weighted by Gasteiger charge is 2.46. The summed E-state index contributed by atoms with van der Waals surface area (Å²) in [6.07, 6.45) is -0.683. The van der Waals surface area contributed by atoms with Crippen LogP contribution in [0.15, 0.2) is 212 Å². The van der Waals surface area contributed by atoms with Gasteiger partial charge in [0.05, 0.1) is 6.04 Å². The monoisotopic (exact) mass is 948 g/mol. The van der Waals surface area contributed by atoms with Crippen molar-refractivity contribution in [1.29, 1.82) is 0 Å². The molecule has 1 aliphatic rings. The summed E-state index contributed by atoms with van der Waals surface area (Å²) in [5.74, 6) is -2.53. The number of nitrogens with zero attached hydrogens (tertiary/aromatic N) is 2. The Morgan fingerprint density at radius 3 is 1.69 bits per heavy atom. The zero-order chi connectivity index (χ0) is 48.5. The lowest BCUT2D eigenvalue weighted by Crippen LogP contribution is -2.58. The van der Waals surface area contributed by atoms with E-state index < -0.39 is 59.0 Å². The quantitative estimate of drug-likeness (QED) is 0.0661. The maximum Gasteiger partial charge on any atom is 0.408 e. The number of thioether (sulfide) groups is 1. The maximum atomic E-state index is 15.8. The number of aromatic nitrogens is 1. The predicted octanol–water partition coefficient (Wildman–Crippen LogP) is 9.13. The van der Waals surface area contributed by atoms with E-state index in [4.69, 9.17) is 4.74 Å². The molecule has 70 heavy (non-hydrogen) atoms. The number of carboxylic acid groups (broad SMARTS) is 1. The number of alkyl carbamates (subject to hydrolysis) is 1. The first kappa shape index (κ1) is 47.1. The number of amides is 3. The van der Waals surface area contributed by atoms with E-state index in [1.807, 2.05) is 140 Å². The van der Waals surface area contributed by atoms with Crippen LogP contribution in [0.2, 0.25) is 0 Å². The van der Waals surface area contributed by atoms with Gasteiger partial charge in [0.2, 0.25) is 11.8 Å². The molecule has 0 radical (unpaired) electrons. The number of carbonyl (C=O) groups excluding carboxylic acids is 3. The SMILES string of the molecule is O=C(N[C@@H](Cc1cn(C(c2ccccc2)(c2ccccc2)c2ccccc2)c2ccccc12)C(=O)N1C(c2ccccc2)SC[C@H]1C(=O)N[C@@H](Cc1ccccc1)C(O)C(=O)O)OCc1ccccc1. The Morgan fingerprint density at radius 2 is 1.13 bits per heavy atom. The van der Waals surface area contributed by atoms with Gasteiger partial charge in [-0.2, -0.15) is 0 Å². The number of carboxylic acids is 1. The molecule has 0 saturated carbocycles. The van der Waals surface area contributed by atoms with Gasteiger partial charge in [-0.1, -0.05) is 200 Å². The summed E-state index contributed by atoms with van der Waals surface area (Å²) >= 11 is 1.38. The number of fused-ring (bicyclic) bond motifs is 1. The van der Waals surface area contributed by atoms with E-state index in [2.05, 4.69) is 63.9 Å². The smallest absolute Gasteiger partial charge is 0.408 e. The minimum absolute atomic E-state index is 0.00733. The van der Waals surface area contributed by atoms with Crippen molar-refractivity contribution in [3.63, 3.8) is 0 Å². The second-order valence-electron chi connectivity index (χ2n) is 17.3. The first-order valence-electron chi connectivity index (χ1n) is 23.2. The normalized spacial score (nSPS) is 15.9. The zero-order valence-electron chi connectivity index (χ0n) is 38.2. The van der Waals surface area contributed by atoms with Crippen molar-refractivity contribution >= 4 is 46.5 Å². The van der Waals surface area contributed by atoms with Crippen molar-refractivity contribution in [2.24, 2.45) is 0 Å². The second-order valence-corrected chi connectivity index (χ2v) is 18.4. The number of aliphatic carboxylic acids is 1. The predicted molar refractivity (Wildman–Crippen MR) is 272 cm³/mol. The van der Waals surface area contributed by atoms with Crippen LogP contribution in [0.25, 0.3) is 10.9 Å². The molecule has 2 unspecified atom stereocenters. The summed E-state index contributed by atoms with van der Waals surface area (Å²) in [6, 6.07) is 62.8. The average molecular weight is 949 g/mol. The number of ether oxygens (including phenoxy) is 1. The fraction of sp³-hybridized carbons (Fsp3) is 0.172. The van der Waals surface area contributed by atoms with E-state index in [1.165, 1.54) is 16.7 Å². The first-order chi connectivity index (χ1) is 34.2. The number of nitrogens with one attached hydrogen (secondary N) is 2. The molecule has 1 saturated heterocycles. The maximum absolute atomic E-state index is 15.8. The Kier molecular flexibility index (Phi) is 14.5. The summed E-state index contributed by atoms with van der Waals surface area (Å²) in [5, 5.41) is 26.8. The minimum Gasteiger partial charge on any atom is -0.479 e. The van der Waals surface area contributed by atoms with Crippen LogP contribution in [0, 0.1) is 0 Å². The van der Waals surface area contributed by atoms with E-state index in [0.29, 0.717) is 5.56 Å². The van der Waals surface area contributed by atoms with Crippen molar-refractivity contribution in [3.8, 4) is 0 Å². The number of aliphatic hydroxyl groups is 1. The van der Waals surface area contributed by atoms with Crippen LogP contribution in [-0.4, -0.2) is 73.5 Å². The lowest BCUT2D eigenvalue weighted by Gasteiger charge is -2.38.